The third-order valence-corrected chi connectivity index (χ3v) is 5.68. The summed E-state index contributed by atoms with van der Waals surface area (Å²) >= 11 is 2.00. The number of ether oxygens (including phenoxy) is 1. The first-order valence-electron chi connectivity index (χ1n) is 7.91. The first kappa shape index (κ1) is 14.9. The zero-order valence-corrected chi connectivity index (χ0v) is 14.3. The predicted octanol–water partition coefficient (Wildman–Crippen LogP) is 4.35. The molecule has 116 valence electrons. The Kier molecular flexibility index (Phi) is 3.76. The first-order chi connectivity index (χ1) is 9.83. The van der Waals surface area contributed by atoms with Crippen LogP contribution in [0.15, 0.2) is 6.07 Å². The Labute approximate surface area is 131 Å². The number of hydrogen-bond donors (Lipinski definition) is 0. The van der Waals surface area contributed by atoms with E-state index in [1.807, 2.05) is 39.2 Å². The van der Waals surface area contributed by atoms with Crippen LogP contribution in [-0.4, -0.2) is 29.7 Å². The maximum absolute atomic E-state index is 12.2. The highest BCUT2D eigenvalue weighted by Crippen LogP contribution is 2.45. The Morgan fingerprint density at radius 2 is 2.05 bits per heavy atom. The minimum atomic E-state index is -0.424. The lowest BCUT2D eigenvalue weighted by Gasteiger charge is -2.32. The van der Waals surface area contributed by atoms with Crippen LogP contribution in [0.4, 0.5) is 4.79 Å². The second-order valence-corrected chi connectivity index (χ2v) is 8.53. The molecule has 1 fully saturated rings. The molecular formula is C17H25NO2S. The van der Waals surface area contributed by atoms with Crippen molar-refractivity contribution in [1.29, 1.82) is 0 Å². The van der Waals surface area contributed by atoms with Gasteiger partial charge in [-0.05, 0) is 70.4 Å². The van der Waals surface area contributed by atoms with Gasteiger partial charge in [0.05, 0.1) is 0 Å². The summed E-state index contributed by atoms with van der Waals surface area (Å²) in [6, 6.07) is 2.67. The van der Waals surface area contributed by atoms with E-state index in [2.05, 4.69) is 6.07 Å². The number of carbonyl (C=O) groups is 1. The summed E-state index contributed by atoms with van der Waals surface area (Å²) < 4.78 is 5.48. The van der Waals surface area contributed by atoms with E-state index in [9.17, 15) is 4.79 Å². The van der Waals surface area contributed by atoms with Gasteiger partial charge in [0.25, 0.3) is 0 Å². The maximum atomic E-state index is 12.2. The number of nitrogens with zero attached hydrogens (tertiary/aromatic N) is 1. The van der Waals surface area contributed by atoms with E-state index in [0.29, 0.717) is 0 Å². The summed E-state index contributed by atoms with van der Waals surface area (Å²) in [6.07, 6.45) is 5.65. The monoisotopic (exact) mass is 307 g/mol. The zero-order chi connectivity index (χ0) is 15.2. The summed E-state index contributed by atoms with van der Waals surface area (Å²) in [7, 11) is 1.87. The minimum Gasteiger partial charge on any atom is -0.444 e. The minimum absolute atomic E-state index is 0.200. The van der Waals surface area contributed by atoms with Crippen LogP contribution < -0.4 is 0 Å². The molecule has 1 aromatic rings. The van der Waals surface area contributed by atoms with Gasteiger partial charge in [0.2, 0.25) is 0 Å². The molecule has 4 heteroatoms. The molecule has 21 heavy (non-hydrogen) atoms. The summed E-state index contributed by atoms with van der Waals surface area (Å²) in [5, 5.41) is 0. The van der Waals surface area contributed by atoms with Gasteiger partial charge < -0.3 is 9.64 Å². The highest BCUT2D eigenvalue weighted by Gasteiger charge is 2.32. The summed E-state index contributed by atoms with van der Waals surface area (Å²) in [5.74, 6) is 0.836. The fourth-order valence-electron chi connectivity index (χ4n) is 2.91. The molecule has 3 rings (SSSR count). The largest absolute Gasteiger partial charge is 0.444 e. The summed E-state index contributed by atoms with van der Waals surface area (Å²) in [5.41, 5.74) is 1.04. The molecule has 0 spiro atoms. The van der Waals surface area contributed by atoms with Crippen molar-refractivity contribution in [2.75, 3.05) is 7.05 Å². The van der Waals surface area contributed by atoms with Crippen molar-refractivity contribution < 1.29 is 9.53 Å². The summed E-state index contributed by atoms with van der Waals surface area (Å²) in [6.45, 7) is 5.75. The van der Waals surface area contributed by atoms with Crippen LogP contribution in [-0.2, 0) is 17.6 Å². The van der Waals surface area contributed by atoms with Gasteiger partial charge in [0.15, 0.2) is 0 Å². The number of thiophene rings is 1. The fraction of sp³-hybridized carbons (Fsp3) is 0.706. The molecule has 2 aliphatic carbocycles. The number of carbonyl (C=O) groups excluding carboxylic acids is 1. The predicted molar refractivity (Wildman–Crippen MR) is 86.1 cm³/mol. The summed E-state index contributed by atoms with van der Waals surface area (Å²) in [4.78, 5) is 17.1. The van der Waals surface area contributed by atoms with E-state index >= 15 is 0 Å². The van der Waals surface area contributed by atoms with Crippen LogP contribution in [0.25, 0.3) is 0 Å². The molecule has 1 atom stereocenters. The van der Waals surface area contributed by atoms with Crippen molar-refractivity contribution in [3.05, 3.63) is 21.4 Å². The van der Waals surface area contributed by atoms with E-state index < -0.39 is 5.60 Å². The Morgan fingerprint density at radius 1 is 1.33 bits per heavy atom. The molecule has 3 nitrogen and oxygen atoms in total. The molecule has 0 aromatic carbocycles. The molecule has 1 amide bonds. The average Bonchev–Trinajstić information content (AvgIpc) is 3.15. The Morgan fingerprint density at radius 3 is 2.67 bits per heavy atom. The lowest BCUT2D eigenvalue weighted by atomic mass is 9.93. The van der Waals surface area contributed by atoms with Gasteiger partial charge in [-0.1, -0.05) is 0 Å². The second kappa shape index (κ2) is 5.31. The highest BCUT2D eigenvalue weighted by molar-refractivity contribution is 7.12. The van der Waals surface area contributed by atoms with Gasteiger partial charge in [-0.15, -0.1) is 11.3 Å². The zero-order valence-electron chi connectivity index (χ0n) is 13.4. The molecule has 1 heterocycles. The van der Waals surface area contributed by atoms with Gasteiger partial charge in [-0.3, -0.25) is 0 Å². The van der Waals surface area contributed by atoms with E-state index in [4.69, 9.17) is 4.74 Å². The van der Waals surface area contributed by atoms with E-state index in [0.717, 1.165) is 25.2 Å². The van der Waals surface area contributed by atoms with Gasteiger partial charge in [-0.2, -0.15) is 0 Å². The third-order valence-electron chi connectivity index (χ3n) is 4.28. The number of rotatable bonds is 2. The topological polar surface area (TPSA) is 29.5 Å². The number of likely N-dealkylation sites (N-methyl/N-ethyl adjacent to an activating group) is 1. The number of aryl methyl sites for hydroxylation is 1. The van der Waals surface area contributed by atoms with Gasteiger partial charge >= 0.3 is 6.09 Å². The lowest BCUT2D eigenvalue weighted by Crippen LogP contribution is -2.43. The van der Waals surface area contributed by atoms with Crippen molar-refractivity contribution in [3.8, 4) is 0 Å². The van der Waals surface area contributed by atoms with Crippen LogP contribution >= 0.6 is 11.3 Å². The third kappa shape index (κ3) is 3.42. The van der Waals surface area contributed by atoms with Crippen molar-refractivity contribution >= 4 is 17.4 Å². The highest BCUT2D eigenvalue weighted by atomic mass is 32.1. The van der Waals surface area contributed by atoms with Crippen LogP contribution in [0.2, 0.25) is 0 Å². The van der Waals surface area contributed by atoms with E-state index in [-0.39, 0.29) is 12.1 Å². The second-order valence-electron chi connectivity index (χ2n) is 7.36. The van der Waals surface area contributed by atoms with Gasteiger partial charge in [0, 0.05) is 22.8 Å². The van der Waals surface area contributed by atoms with Gasteiger partial charge in [0.1, 0.15) is 5.60 Å². The normalized spacial score (nSPS) is 21.8. The molecular weight excluding hydrogens is 282 g/mol. The Bertz CT molecular complexity index is 539. The molecule has 0 bridgehead atoms. The van der Waals surface area contributed by atoms with Crippen LogP contribution in [0, 0.1) is 0 Å². The van der Waals surface area contributed by atoms with Crippen LogP contribution in [0.3, 0.4) is 0 Å². The molecule has 0 N–H and O–H groups in total. The van der Waals surface area contributed by atoms with E-state index in [1.165, 1.54) is 18.4 Å². The van der Waals surface area contributed by atoms with Crippen LogP contribution in [0.1, 0.15) is 61.3 Å². The smallest absolute Gasteiger partial charge is 0.410 e. The number of fused-ring (bicyclic) bond motifs is 1. The quantitative estimate of drug-likeness (QED) is 0.813. The molecule has 2 aliphatic rings. The lowest BCUT2D eigenvalue weighted by molar-refractivity contribution is 0.0210. The Balaban J connectivity index is 1.66. The van der Waals surface area contributed by atoms with E-state index in [1.54, 1.807) is 14.7 Å². The number of hydrogen-bond acceptors (Lipinski definition) is 3. The van der Waals surface area contributed by atoms with Gasteiger partial charge in [-0.25, -0.2) is 4.79 Å². The SMILES string of the molecule is CN(C(=O)OC(C)(C)C)C1CCc2sc(C3CC3)cc2C1. The standard InChI is InChI=1S/C17H25NO2S/c1-17(2,3)20-16(19)18(4)13-7-8-14-12(9-13)10-15(21-14)11-5-6-11/h10-11,13H,5-9H2,1-4H3. The molecule has 0 saturated heterocycles. The van der Waals surface area contributed by atoms with Crippen molar-refractivity contribution in [1.82, 2.24) is 4.90 Å². The van der Waals surface area contributed by atoms with Crippen molar-refractivity contribution in [2.45, 2.75) is 70.4 Å². The Hall–Kier alpha value is -1.03. The number of amides is 1. The van der Waals surface area contributed by atoms with Crippen LogP contribution in [0.5, 0.6) is 0 Å². The fourth-order valence-corrected chi connectivity index (χ4v) is 4.29. The van der Waals surface area contributed by atoms with Crippen molar-refractivity contribution in [2.24, 2.45) is 0 Å². The maximum Gasteiger partial charge on any atom is 0.410 e. The van der Waals surface area contributed by atoms with Crippen molar-refractivity contribution in [3.63, 3.8) is 0 Å². The molecule has 1 saturated carbocycles. The molecule has 1 aromatic heterocycles. The first-order valence-corrected chi connectivity index (χ1v) is 8.72. The molecule has 1 unspecified atom stereocenters. The average molecular weight is 307 g/mol. The molecule has 0 aliphatic heterocycles. The molecule has 0 radical (unpaired) electrons.